The van der Waals surface area contributed by atoms with Gasteiger partial charge in [-0.1, -0.05) is 31.2 Å². The van der Waals surface area contributed by atoms with E-state index >= 15 is 0 Å². The lowest BCUT2D eigenvalue weighted by Gasteiger charge is -2.22. The van der Waals surface area contributed by atoms with Crippen LogP contribution < -0.4 is 10.1 Å². The molecule has 144 valence electrons. The van der Waals surface area contributed by atoms with E-state index in [4.69, 9.17) is 4.74 Å². The summed E-state index contributed by atoms with van der Waals surface area (Å²) < 4.78 is 6.54. The molecule has 2 aromatic carbocycles. The lowest BCUT2D eigenvalue weighted by Crippen LogP contribution is -2.42. The Morgan fingerprint density at radius 2 is 1.93 bits per heavy atom. The number of rotatable bonds is 7. The molecule has 1 unspecified atom stereocenters. The summed E-state index contributed by atoms with van der Waals surface area (Å²) in [5.41, 5.74) is 2.92. The zero-order valence-corrected chi connectivity index (χ0v) is 17.7. The minimum Gasteiger partial charge on any atom is -0.480 e. The number of benzene rings is 2. The van der Waals surface area contributed by atoms with Gasteiger partial charge in [-0.15, -0.1) is 0 Å². The van der Waals surface area contributed by atoms with E-state index in [1.807, 2.05) is 56.3 Å². The van der Waals surface area contributed by atoms with Gasteiger partial charge in [-0.3, -0.25) is 9.59 Å². The third-order valence-corrected chi connectivity index (χ3v) is 4.79. The van der Waals surface area contributed by atoms with Crippen LogP contribution in [0, 0.1) is 6.92 Å². The molecule has 2 rings (SSSR count). The number of carbonyl (C=O) groups is 2. The number of nitrogens with one attached hydrogen (secondary N) is 1. The molecule has 2 aromatic rings. The predicted octanol–water partition coefficient (Wildman–Crippen LogP) is 4.18. The lowest BCUT2D eigenvalue weighted by atomic mass is 10.1. The predicted molar refractivity (Wildman–Crippen MR) is 111 cm³/mol. The van der Waals surface area contributed by atoms with Crippen molar-refractivity contribution in [2.24, 2.45) is 0 Å². The first-order chi connectivity index (χ1) is 12.8. The van der Waals surface area contributed by atoms with E-state index in [9.17, 15) is 9.59 Å². The zero-order valence-electron chi connectivity index (χ0n) is 16.1. The molecule has 0 saturated carbocycles. The van der Waals surface area contributed by atoms with Crippen LogP contribution in [0.25, 0.3) is 0 Å². The quantitative estimate of drug-likeness (QED) is 0.713. The number of amides is 2. The Balaban J connectivity index is 1.94. The maximum absolute atomic E-state index is 12.5. The third-order valence-electron chi connectivity index (χ3n) is 4.17. The smallest absolute Gasteiger partial charge is 0.263 e. The SMILES string of the molecule is CCc1ccccc1NC(=O)CN(C)C(=O)C(C)Oc1ccc(C)cc1Br. The normalized spacial score (nSPS) is 11.6. The highest BCUT2D eigenvalue weighted by Crippen LogP contribution is 2.26. The Morgan fingerprint density at radius 1 is 1.22 bits per heavy atom. The van der Waals surface area contributed by atoms with E-state index in [0.29, 0.717) is 5.75 Å². The molecule has 0 aliphatic carbocycles. The van der Waals surface area contributed by atoms with Crippen LogP contribution in [0.15, 0.2) is 46.9 Å². The van der Waals surface area contributed by atoms with Gasteiger partial charge in [0.05, 0.1) is 11.0 Å². The second-order valence-electron chi connectivity index (χ2n) is 6.45. The Hall–Kier alpha value is -2.34. The highest BCUT2D eigenvalue weighted by molar-refractivity contribution is 9.10. The molecule has 0 spiro atoms. The molecule has 0 fully saturated rings. The van der Waals surface area contributed by atoms with Crippen LogP contribution in [0.3, 0.4) is 0 Å². The van der Waals surface area contributed by atoms with Crippen LogP contribution in [-0.4, -0.2) is 36.4 Å². The van der Waals surface area contributed by atoms with Crippen LogP contribution in [0.4, 0.5) is 5.69 Å². The Bertz CT molecular complexity index is 823. The Morgan fingerprint density at radius 3 is 2.59 bits per heavy atom. The molecule has 0 bridgehead atoms. The number of hydrogen-bond donors (Lipinski definition) is 1. The lowest BCUT2D eigenvalue weighted by molar-refractivity contribution is -0.139. The number of nitrogens with zero attached hydrogens (tertiary/aromatic N) is 1. The fraction of sp³-hybridized carbons (Fsp3) is 0.333. The van der Waals surface area contributed by atoms with E-state index < -0.39 is 6.10 Å². The molecule has 2 amide bonds. The van der Waals surface area contributed by atoms with Gasteiger partial charge in [0.2, 0.25) is 5.91 Å². The highest BCUT2D eigenvalue weighted by atomic mass is 79.9. The standard InChI is InChI=1S/C21H25BrN2O3/c1-5-16-8-6-7-9-18(16)23-20(25)13-24(4)21(26)15(3)27-19-11-10-14(2)12-17(19)22/h6-12,15H,5,13H2,1-4H3,(H,23,25). The average Bonchev–Trinajstić information content (AvgIpc) is 2.63. The van der Waals surface area contributed by atoms with Gasteiger partial charge in [0.1, 0.15) is 5.75 Å². The summed E-state index contributed by atoms with van der Waals surface area (Å²) in [6, 6.07) is 13.3. The largest absolute Gasteiger partial charge is 0.480 e. The summed E-state index contributed by atoms with van der Waals surface area (Å²) in [6.07, 6.45) is 0.117. The molecule has 1 atom stereocenters. The van der Waals surface area contributed by atoms with Gasteiger partial charge in [0.25, 0.3) is 5.91 Å². The van der Waals surface area contributed by atoms with Crippen LogP contribution >= 0.6 is 15.9 Å². The minimum atomic E-state index is -0.704. The maximum atomic E-state index is 12.5. The fourth-order valence-electron chi connectivity index (χ4n) is 2.69. The molecule has 0 heterocycles. The van der Waals surface area contributed by atoms with Crippen molar-refractivity contribution in [3.63, 3.8) is 0 Å². The number of aryl methyl sites for hydroxylation is 2. The number of hydrogen-bond acceptors (Lipinski definition) is 3. The van der Waals surface area contributed by atoms with Crippen molar-refractivity contribution in [1.82, 2.24) is 4.90 Å². The molecule has 5 nitrogen and oxygen atoms in total. The molecule has 0 aliphatic rings. The van der Waals surface area contributed by atoms with Crippen molar-refractivity contribution in [1.29, 1.82) is 0 Å². The Kier molecular flexibility index (Phi) is 7.42. The van der Waals surface area contributed by atoms with Gasteiger partial charge in [-0.2, -0.15) is 0 Å². The van der Waals surface area contributed by atoms with Crippen molar-refractivity contribution in [2.75, 3.05) is 18.9 Å². The number of halogens is 1. The van der Waals surface area contributed by atoms with E-state index in [0.717, 1.165) is 27.7 Å². The molecule has 27 heavy (non-hydrogen) atoms. The van der Waals surface area contributed by atoms with Crippen LogP contribution in [0.2, 0.25) is 0 Å². The van der Waals surface area contributed by atoms with Gasteiger partial charge < -0.3 is 15.0 Å². The number of ether oxygens (including phenoxy) is 1. The minimum absolute atomic E-state index is 0.0420. The van der Waals surface area contributed by atoms with Crippen LogP contribution in [-0.2, 0) is 16.0 Å². The van der Waals surface area contributed by atoms with Crippen LogP contribution in [0.5, 0.6) is 5.75 Å². The number of anilines is 1. The second-order valence-corrected chi connectivity index (χ2v) is 7.30. The van der Waals surface area contributed by atoms with Crippen molar-refractivity contribution >= 4 is 33.4 Å². The summed E-state index contributed by atoms with van der Waals surface area (Å²) in [7, 11) is 1.59. The van der Waals surface area contributed by atoms with E-state index in [1.54, 1.807) is 14.0 Å². The highest BCUT2D eigenvalue weighted by Gasteiger charge is 2.22. The van der Waals surface area contributed by atoms with Gasteiger partial charge in [-0.25, -0.2) is 0 Å². The monoisotopic (exact) mass is 432 g/mol. The zero-order chi connectivity index (χ0) is 20.0. The van der Waals surface area contributed by atoms with Crippen molar-refractivity contribution < 1.29 is 14.3 Å². The molecular weight excluding hydrogens is 408 g/mol. The van der Waals surface area contributed by atoms with Crippen LogP contribution in [0.1, 0.15) is 25.0 Å². The first-order valence-corrected chi connectivity index (χ1v) is 9.66. The number of carbonyl (C=O) groups excluding carboxylic acids is 2. The molecule has 0 aromatic heterocycles. The summed E-state index contributed by atoms with van der Waals surface area (Å²) in [5, 5.41) is 2.87. The Labute approximate surface area is 168 Å². The molecule has 6 heteroatoms. The molecule has 0 saturated heterocycles. The summed E-state index contributed by atoms with van der Waals surface area (Å²) in [4.78, 5) is 26.2. The van der Waals surface area contributed by atoms with Crippen molar-refractivity contribution in [3.8, 4) is 5.75 Å². The molecule has 0 radical (unpaired) electrons. The summed E-state index contributed by atoms with van der Waals surface area (Å²) in [5.74, 6) is 0.0908. The first kappa shape index (κ1) is 21.0. The van der Waals surface area contributed by atoms with Gasteiger partial charge in [-0.05, 0) is 65.5 Å². The van der Waals surface area contributed by atoms with Crippen molar-refractivity contribution in [3.05, 3.63) is 58.1 Å². The number of para-hydroxylation sites is 1. The van der Waals surface area contributed by atoms with E-state index in [2.05, 4.69) is 21.2 Å². The molecule has 1 N–H and O–H groups in total. The molecular formula is C21H25BrN2O3. The van der Waals surface area contributed by atoms with Gasteiger partial charge >= 0.3 is 0 Å². The summed E-state index contributed by atoms with van der Waals surface area (Å²) >= 11 is 3.44. The van der Waals surface area contributed by atoms with Crippen molar-refractivity contribution in [2.45, 2.75) is 33.3 Å². The fourth-order valence-corrected chi connectivity index (χ4v) is 3.27. The van der Waals surface area contributed by atoms with Gasteiger partial charge in [0, 0.05) is 12.7 Å². The topological polar surface area (TPSA) is 58.6 Å². The third kappa shape index (κ3) is 5.82. The second kappa shape index (κ2) is 9.55. The first-order valence-electron chi connectivity index (χ1n) is 8.87. The summed E-state index contributed by atoms with van der Waals surface area (Å²) in [6.45, 7) is 5.64. The maximum Gasteiger partial charge on any atom is 0.263 e. The van der Waals surface area contributed by atoms with E-state index in [1.165, 1.54) is 4.90 Å². The molecule has 0 aliphatic heterocycles. The van der Waals surface area contributed by atoms with Gasteiger partial charge in [0.15, 0.2) is 6.10 Å². The van der Waals surface area contributed by atoms with E-state index in [-0.39, 0.29) is 18.4 Å². The number of likely N-dealkylation sites (N-methyl/N-ethyl adjacent to an activating group) is 1. The average molecular weight is 433 g/mol.